The second-order valence-corrected chi connectivity index (χ2v) is 10.0. The molecule has 4 heteroatoms. The lowest BCUT2D eigenvalue weighted by atomic mass is 9.62. The maximum Gasteiger partial charge on any atom is 0.251 e. The number of nitrogens with one attached hydrogen (secondary N) is 2. The number of rotatable bonds is 5. The summed E-state index contributed by atoms with van der Waals surface area (Å²) in [5, 5.41) is 6.41. The third kappa shape index (κ3) is 5.29. The first-order chi connectivity index (χ1) is 14.1. The molecule has 0 aliphatic heterocycles. The highest BCUT2D eigenvalue weighted by Crippen LogP contribution is 2.45. The SMILES string of the molecule is Cc1ccccc1C(=O)NC[C@]1(C)C[C@@H](NC(=O)c2ccccc2C)CC(C)(C)C1. The molecule has 1 saturated carbocycles. The van der Waals surface area contributed by atoms with E-state index in [0.29, 0.717) is 6.54 Å². The number of carbonyl (C=O) groups excluding carboxylic acids is 2. The average Bonchev–Trinajstić information content (AvgIpc) is 2.65. The lowest BCUT2D eigenvalue weighted by molar-refractivity contribution is 0.0591. The zero-order chi connectivity index (χ0) is 21.9. The van der Waals surface area contributed by atoms with E-state index in [2.05, 4.69) is 31.4 Å². The fourth-order valence-electron chi connectivity index (χ4n) is 5.18. The monoisotopic (exact) mass is 406 g/mol. The normalized spacial score (nSPS) is 22.9. The van der Waals surface area contributed by atoms with Gasteiger partial charge in [0.1, 0.15) is 0 Å². The Balaban J connectivity index is 1.69. The molecule has 0 bridgehead atoms. The lowest BCUT2D eigenvalue weighted by Crippen LogP contribution is -2.50. The maximum absolute atomic E-state index is 12.9. The van der Waals surface area contributed by atoms with Crippen LogP contribution in [0.2, 0.25) is 0 Å². The Morgan fingerprint density at radius 2 is 1.40 bits per heavy atom. The number of aryl methyl sites for hydroxylation is 2. The first-order valence-electron chi connectivity index (χ1n) is 10.8. The summed E-state index contributed by atoms with van der Waals surface area (Å²) in [5.74, 6) is -0.0414. The molecule has 0 heterocycles. The molecular formula is C26H34N2O2. The minimum atomic E-state index is -0.0796. The van der Waals surface area contributed by atoms with Gasteiger partial charge in [-0.05, 0) is 67.2 Å². The molecule has 2 N–H and O–H groups in total. The van der Waals surface area contributed by atoms with E-state index in [4.69, 9.17) is 0 Å². The van der Waals surface area contributed by atoms with Crippen LogP contribution in [0.5, 0.6) is 0 Å². The molecule has 0 radical (unpaired) electrons. The molecule has 2 aromatic rings. The molecule has 0 aromatic heterocycles. The molecular weight excluding hydrogens is 372 g/mol. The van der Waals surface area contributed by atoms with Gasteiger partial charge >= 0.3 is 0 Å². The van der Waals surface area contributed by atoms with Gasteiger partial charge in [-0.25, -0.2) is 0 Å². The number of carbonyl (C=O) groups is 2. The molecule has 3 rings (SSSR count). The van der Waals surface area contributed by atoms with Crippen molar-refractivity contribution in [3.8, 4) is 0 Å². The van der Waals surface area contributed by atoms with Crippen LogP contribution in [0, 0.1) is 24.7 Å². The molecule has 2 amide bonds. The maximum atomic E-state index is 12.9. The molecule has 2 atom stereocenters. The second-order valence-electron chi connectivity index (χ2n) is 10.0. The van der Waals surface area contributed by atoms with Crippen molar-refractivity contribution in [3.05, 3.63) is 70.8 Å². The summed E-state index contributed by atoms with van der Waals surface area (Å²) in [7, 11) is 0. The molecule has 2 aromatic carbocycles. The summed E-state index contributed by atoms with van der Waals surface area (Å²) in [6.45, 7) is 11.2. The molecule has 160 valence electrons. The van der Waals surface area contributed by atoms with Crippen LogP contribution in [-0.2, 0) is 0 Å². The van der Waals surface area contributed by atoms with Gasteiger partial charge in [-0.15, -0.1) is 0 Å². The molecule has 0 saturated heterocycles. The van der Waals surface area contributed by atoms with Crippen LogP contribution in [0.25, 0.3) is 0 Å². The van der Waals surface area contributed by atoms with E-state index in [1.54, 1.807) is 0 Å². The fraction of sp³-hybridized carbons (Fsp3) is 0.462. The van der Waals surface area contributed by atoms with Gasteiger partial charge in [0, 0.05) is 23.7 Å². The third-order valence-corrected chi connectivity index (χ3v) is 6.23. The van der Waals surface area contributed by atoms with Gasteiger partial charge in [-0.2, -0.15) is 0 Å². The Morgan fingerprint density at radius 1 is 0.867 bits per heavy atom. The molecule has 1 aliphatic rings. The van der Waals surface area contributed by atoms with Crippen LogP contribution in [0.3, 0.4) is 0 Å². The smallest absolute Gasteiger partial charge is 0.251 e. The average molecular weight is 407 g/mol. The first-order valence-corrected chi connectivity index (χ1v) is 10.8. The highest BCUT2D eigenvalue weighted by atomic mass is 16.2. The van der Waals surface area contributed by atoms with E-state index < -0.39 is 0 Å². The lowest BCUT2D eigenvalue weighted by Gasteiger charge is -2.47. The van der Waals surface area contributed by atoms with E-state index in [9.17, 15) is 9.59 Å². The zero-order valence-electron chi connectivity index (χ0n) is 18.8. The number of hydrogen-bond donors (Lipinski definition) is 2. The summed E-state index contributed by atoms with van der Waals surface area (Å²) in [4.78, 5) is 25.6. The predicted octanol–water partition coefficient (Wildman–Crippen LogP) is 5.05. The van der Waals surface area contributed by atoms with E-state index in [1.165, 1.54) is 0 Å². The number of hydrogen-bond acceptors (Lipinski definition) is 2. The summed E-state index contributed by atoms with van der Waals surface area (Å²) >= 11 is 0. The predicted molar refractivity (Wildman–Crippen MR) is 122 cm³/mol. The van der Waals surface area contributed by atoms with Crippen molar-refractivity contribution in [1.29, 1.82) is 0 Å². The van der Waals surface area contributed by atoms with E-state index in [0.717, 1.165) is 41.5 Å². The highest BCUT2D eigenvalue weighted by molar-refractivity contribution is 5.96. The van der Waals surface area contributed by atoms with Gasteiger partial charge in [-0.3, -0.25) is 9.59 Å². The van der Waals surface area contributed by atoms with Crippen LogP contribution in [0.1, 0.15) is 71.9 Å². The van der Waals surface area contributed by atoms with Crippen molar-refractivity contribution in [1.82, 2.24) is 10.6 Å². The topological polar surface area (TPSA) is 58.2 Å². The quantitative estimate of drug-likeness (QED) is 0.730. The summed E-state index contributed by atoms with van der Waals surface area (Å²) in [6, 6.07) is 15.4. The van der Waals surface area contributed by atoms with Crippen LogP contribution in [0.4, 0.5) is 0 Å². The standard InChI is InChI=1S/C26H34N2O2/c1-18-10-6-8-12-21(18)23(29)27-17-26(5)15-20(14-25(3,4)16-26)28-24(30)22-13-9-7-11-19(22)2/h6-13,20H,14-17H2,1-5H3,(H,27,29)(H,28,30)/t20-,26+/m0/s1. The van der Waals surface area contributed by atoms with Crippen molar-refractivity contribution in [2.24, 2.45) is 10.8 Å². The Labute approximate surface area is 180 Å². The Bertz CT molecular complexity index is 934. The highest BCUT2D eigenvalue weighted by Gasteiger charge is 2.42. The summed E-state index contributed by atoms with van der Waals surface area (Å²) < 4.78 is 0. The fourth-order valence-corrected chi connectivity index (χ4v) is 5.18. The van der Waals surface area contributed by atoms with Crippen LogP contribution in [-0.4, -0.2) is 24.4 Å². The van der Waals surface area contributed by atoms with Crippen molar-refractivity contribution in [2.75, 3.05) is 6.54 Å². The molecule has 0 spiro atoms. The van der Waals surface area contributed by atoms with Gasteiger partial charge in [0.05, 0.1) is 0 Å². The van der Waals surface area contributed by atoms with Gasteiger partial charge in [-0.1, -0.05) is 57.2 Å². The van der Waals surface area contributed by atoms with Gasteiger partial charge in [0.15, 0.2) is 0 Å². The molecule has 4 nitrogen and oxygen atoms in total. The summed E-state index contributed by atoms with van der Waals surface area (Å²) in [5.41, 5.74) is 3.43. The molecule has 1 aliphatic carbocycles. The zero-order valence-corrected chi connectivity index (χ0v) is 18.8. The van der Waals surface area contributed by atoms with Crippen molar-refractivity contribution < 1.29 is 9.59 Å². The van der Waals surface area contributed by atoms with Gasteiger partial charge < -0.3 is 10.6 Å². The molecule has 30 heavy (non-hydrogen) atoms. The molecule has 0 unspecified atom stereocenters. The van der Waals surface area contributed by atoms with Crippen molar-refractivity contribution in [3.63, 3.8) is 0 Å². The largest absolute Gasteiger partial charge is 0.351 e. The third-order valence-electron chi connectivity index (χ3n) is 6.23. The second kappa shape index (κ2) is 8.63. The van der Waals surface area contributed by atoms with Gasteiger partial charge in [0.2, 0.25) is 0 Å². The Morgan fingerprint density at radius 3 is 1.97 bits per heavy atom. The van der Waals surface area contributed by atoms with E-state index in [1.807, 2.05) is 62.4 Å². The number of amides is 2. The van der Waals surface area contributed by atoms with E-state index >= 15 is 0 Å². The van der Waals surface area contributed by atoms with E-state index in [-0.39, 0.29) is 28.7 Å². The Kier molecular flexibility index (Phi) is 6.35. The van der Waals surface area contributed by atoms with Crippen molar-refractivity contribution in [2.45, 2.75) is 59.9 Å². The summed E-state index contributed by atoms with van der Waals surface area (Å²) in [6.07, 6.45) is 2.79. The minimum absolute atomic E-state index is 0.0119. The van der Waals surface area contributed by atoms with Crippen molar-refractivity contribution >= 4 is 11.8 Å². The van der Waals surface area contributed by atoms with Gasteiger partial charge in [0.25, 0.3) is 11.8 Å². The Hall–Kier alpha value is -2.62. The van der Waals surface area contributed by atoms with Crippen LogP contribution < -0.4 is 10.6 Å². The first kappa shape index (κ1) is 22.1. The van der Waals surface area contributed by atoms with Crippen LogP contribution in [0.15, 0.2) is 48.5 Å². The molecule has 1 fully saturated rings. The number of benzene rings is 2. The van der Waals surface area contributed by atoms with Crippen LogP contribution >= 0.6 is 0 Å². The minimum Gasteiger partial charge on any atom is -0.351 e.